The Balaban J connectivity index is 2.89. The second kappa shape index (κ2) is 4.98. The standard InChI is InChI=1S/C10H17N3O3/c1-4-13-9(8(11)7(3)12-13)10(15)16-5-6(2)14/h6,14H,4-5,11H2,1-3H3. The maximum atomic E-state index is 11.7. The van der Waals surface area contributed by atoms with Crippen LogP contribution in [0.4, 0.5) is 5.69 Å². The fourth-order valence-corrected chi connectivity index (χ4v) is 1.30. The van der Waals surface area contributed by atoms with Crippen molar-refractivity contribution in [3.8, 4) is 0 Å². The highest BCUT2D eigenvalue weighted by molar-refractivity contribution is 5.93. The molecule has 6 heteroatoms. The molecule has 0 aliphatic rings. The Kier molecular flexibility index (Phi) is 3.89. The van der Waals surface area contributed by atoms with Gasteiger partial charge in [-0.05, 0) is 20.8 Å². The number of anilines is 1. The van der Waals surface area contributed by atoms with Gasteiger partial charge in [0.05, 0.1) is 17.5 Å². The highest BCUT2D eigenvalue weighted by atomic mass is 16.5. The van der Waals surface area contributed by atoms with Crippen LogP contribution in [-0.4, -0.2) is 33.6 Å². The van der Waals surface area contributed by atoms with Gasteiger partial charge in [-0.3, -0.25) is 4.68 Å². The van der Waals surface area contributed by atoms with E-state index in [9.17, 15) is 4.79 Å². The number of nitrogen functional groups attached to an aromatic ring is 1. The first kappa shape index (κ1) is 12.5. The number of hydrogen-bond acceptors (Lipinski definition) is 5. The number of aliphatic hydroxyl groups excluding tert-OH is 1. The molecule has 1 unspecified atom stereocenters. The first-order valence-corrected chi connectivity index (χ1v) is 5.15. The predicted molar refractivity (Wildman–Crippen MR) is 59.0 cm³/mol. The summed E-state index contributed by atoms with van der Waals surface area (Å²) in [6, 6.07) is 0. The lowest BCUT2D eigenvalue weighted by Crippen LogP contribution is -2.19. The summed E-state index contributed by atoms with van der Waals surface area (Å²) in [7, 11) is 0. The zero-order chi connectivity index (χ0) is 12.3. The molecule has 0 fully saturated rings. The summed E-state index contributed by atoms with van der Waals surface area (Å²) in [6.45, 7) is 5.62. The molecule has 0 aromatic carbocycles. The van der Waals surface area contributed by atoms with Crippen LogP contribution in [0.3, 0.4) is 0 Å². The largest absolute Gasteiger partial charge is 0.458 e. The molecule has 1 aromatic rings. The molecule has 0 aliphatic heterocycles. The third-order valence-corrected chi connectivity index (χ3v) is 2.12. The van der Waals surface area contributed by atoms with Crippen molar-refractivity contribution in [2.75, 3.05) is 12.3 Å². The zero-order valence-corrected chi connectivity index (χ0v) is 9.73. The molecular formula is C10H17N3O3. The van der Waals surface area contributed by atoms with E-state index in [0.717, 1.165) is 0 Å². The number of esters is 1. The van der Waals surface area contributed by atoms with E-state index in [4.69, 9.17) is 15.6 Å². The average molecular weight is 227 g/mol. The summed E-state index contributed by atoms with van der Waals surface area (Å²) in [4.78, 5) is 11.7. The summed E-state index contributed by atoms with van der Waals surface area (Å²) in [5.41, 5.74) is 6.92. The minimum atomic E-state index is -0.690. The predicted octanol–water partition coefficient (Wildman–Crippen LogP) is 0.331. The van der Waals surface area contributed by atoms with Crippen LogP contribution in [0, 0.1) is 6.92 Å². The molecule has 0 bridgehead atoms. The fourth-order valence-electron chi connectivity index (χ4n) is 1.30. The van der Waals surface area contributed by atoms with Crippen LogP contribution >= 0.6 is 0 Å². The van der Waals surface area contributed by atoms with E-state index in [1.165, 1.54) is 4.68 Å². The minimum absolute atomic E-state index is 0.0494. The molecular weight excluding hydrogens is 210 g/mol. The normalized spacial score (nSPS) is 12.5. The van der Waals surface area contributed by atoms with Crippen molar-refractivity contribution in [2.24, 2.45) is 0 Å². The van der Waals surface area contributed by atoms with Gasteiger partial charge in [-0.25, -0.2) is 4.79 Å². The third kappa shape index (κ3) is 2.52. The lowest BCUT2D eigenvalue weighted by atomic mass is 10.3. The van der Waals surface area contributed by atoms with Gasteiger partial charge in [0.2, 0.25) is 0 Å². The Morgan fingerprint density at radius 1 is 1.69 bits per heavy atom. The molecule has 1 heterocycles. The van der Waals surface area contributed by atoms with E-state index in [1.807, 2.05) is 6.92 Å². The number of ether oxygens (including phenoxy) is 1. The quantitative estimate of drug-likeness (QED) is 0.723. The molecule has 90 valence electrons. The van der Waals surface area contributed by atoms with Gasteiger partial charge in [0.1, 0.15) is 6.61 Å². The Hall–Kier alpha value is -1.56. The molecule has 0 saturated carbocycles. The molecule has 3 N–H and O–H groups in total. The Labute approximate surface area is 94.0 Å². The molecule has 16 heavy (non-hydrogen) atoms. The fraction of sp³-hybridized carbons (Fsp3) is 0.600. The molecule has 1 atom stereocenters. The van der Waals surface area contributed by atoms with E-state index >= 15 is 0 Å². The number of carbonyl (C=O) groups excluding carboxylic acids is 1. The molecule has 1 aromatic heterocycles. The second-order valence-corrected chi connectivity index (χ2v) is 3.61. The van der Waals surface area contributed by atoms with Crippen molar-refractivity contribution in [3.05, 3.63) is 11.4 Å². The van der Waals surface area contributed by atoms with E-state index < -0.39 is 12.1 Å². The second-order valence-electron chi connectivity index (χ2n) is 3.61. The molecule has 0 saturated heterocycles. The number of nitrogens with two attached hydrogens (primary N) is 1. The summed E-state index contributed by atoms with van der Waals surface area (Å²) >= 11 is 0. The molecule has 0 aliphatic carbocycles. The van der Waals surface area contributed by atoms with Gasteiger partial charge in [-0.15, -0.1) is 0 Å². The number of hydrogen-bond donors (Lipinski definition) is 2. The number of aryl methyl sites for hydroxylation is 2. The molecule has 6 nitrogen and oxygen atoms in total. The van der Waals surface area contributed by atoms with Crippen LogP contribution < -0.4 is 5.73 Å². The average Bonchev–Trinajstić information content (AvgIpc) is 2.51. The smallest absolute Gasteiger partial charge is 0.358 e. The van der Waals surface area contributed by atoms with Gasteiger partial charge in [0.15, 0.2) is 5.69 Å². The molecule has 0 amide bonds. The van der Waals surface area contributed by atoms with Crippen LogP contribution in [0.15, 0.2) is 0 Å². The maximum Gasteiger partial charge on any atom is 0.358 e. The lowest BCUT2D eigenvalue weighted by Gasteiger charge is -2.08. The van der Waals surface area contributed by atoms with Crippen molar-refractivity contribution in [2.45, 2.75) is 33.4 Å². The van der Waals surface area contributed by atoms with Gasteiger partial charge in [0.25, 0.3) is 0 Å². The number of carbonyl (C=O) groups is 1. The highest BCUT2D eigenvalue weighted by Crippen LogP contribution is 2.17. The van der Waals surface area contributed by atoms with Crippen LogP contribution in [0.25, 0.3) is 0 Å². The van der Waals surface area contributed by atoms with E-state index in [2.05, 4.69) is 5.10 Å². The first-order chi connectivity index (χ1) is 7.47. The van der Waals surface area contributed by atoms with Crippen LogP contribution in [-0.2, 0) is 11.3 Å². The molecule has 0 spiro atoms. The molecule has 1 rings (SSSR count). The summed E-state index contributed by atoms with van der Waals surface area (Å²) < 4.78 is 6.39. The van der Waals surface area contributed by atoms with Crippen LogP contribution in [0.5, 0.6) is 0 Å². The number of aromatic nitrogens is 2. The van der Waals surface area contributed by atoms with E-state index in [-0.39, 0.29) is 12.3 Å². The van der Waals surface area contributed by atoms with Crippen molar-refractivity contribution >= 4 is 11.7 Å². The van der Waals surface area contributed by atoms with Gasteiger partial charge >= 0.3 is 5.97 Å². The Morgan fingerprint density at radius 2 is 2.31 bits per heavy atom. The highest BCUT2D eigenvalue weighted by Gasteiger charge is 2.20. The van der Waals surface area contributed by atoms with Gasteiger partial charge < -0.3 is 15.6 Å². The SMILES string of the molecule is CCn1nc(C)c(N)c1C(=O)OCC(C)O. The first-order valence-electron chi connectivity index (χ1n) is 5.15. The van der Waals surface area contributed by atoms with Gasteiger partial charge in [-0.2, -0.15) is 5.10 Å². The number of nitrogens with zero attached hydrogens (tertiary/aromatic N) is 2. The zero-order valence-electron chi connectivity index (χ0n) is 9.73. The summed E-state index contributed by atoms with van der Waals surface area (Å²) in [5, 5.41) is 13.1. The molecule has 0 radical (unpaired) electrons. The van der Waals surface area contributed by atoms with E-state index in [1.54, 1.807) is 13.8 Å². The number of rotatable bonds is 4. The van der Waals surface area contributed by atoms with Crippen LogP contribution in [0.2, 0.25) is 0 Å². The number of aliphatic hydroxyl groups is 1. The van der Waals surface area contributed by atoms with Crippen molar-refractivity contribution < 1.29 is 14.6 Å². The minimum Gasteiger partial charge on any atom is -0.458 e. The topological polar surface area (TPSA) is 90.4 Å². The third-order valence-electron chi connectivity index (χ3n) is 2.12. The summed E-state index contributed by atoms with van der Waals surface area (Å²) in [5.74, 6) is -0.555. The van der Waals surface area contributed by atoms with Crippen molar-refractivity contribution in [3.63, 3.8) is 0 Å². The summed E-state index contributed by atoms with van der Waals surface area (Å²) in [6.07, 6.45) is -0.690. The lowest BCUT2D eigenvalue weighted by molar-refractivity contribution is 0.0285. The van der Waals surface area contributed by atoms with Crippen molar-refractivity contribution in [1.29, 1.82) is 0 Å². The van der Waals surface area contributed by atoms with E-state index in [0.29, 0.717) is 17.9 Å². The maximum absolute atomic E-state index is 11.7. The van der Waals surface area contributed by atoms with Crippen LogP contribution in [0.1, 0.15) is 30.0 Å². The van der Waals surface area contributed by atoms with Gasteiger partial charge in [0, 0.05) is 6.54 Å². The van der Waals surface area contributed by atoms with Gasteiger partial charge in [-0.1, -0.05) is 0 Å². The van der Waals surface area contributed by atoms with Crippen molar-refractivity contribution in [1.82, 2.24) is 9.78 Å². The Bertz CT molecular complexity index is 385. The monoisotopic (exact) mass is 227 g/mol. The Morgan fingerprint density at radius 3 is 2.81 bits per heavy atom.